The molecule has 3 N–H and O–H groups in total. The summed E-state index contributed by atoms with van der Waals surface area (Å²) in [4.78, 5) is 68.1. The summed E-state index contributed by atoms with van der Waals surface area (Å²) in [6.07, 6.45) is 6.26. The molecule has 4 aromatic carbocycles. The zero-order chi connectivity index (χ0) is 56.4. The predicted octanol–water partition coefficient (Wildman–Crippen LogP) is 13.5. The summed E-state index contributed by atoms with van der Waals surface area (Å²) in [5.74, 6) is 1.53. The molecule has 6 aromatic rings. The van der Waals surface area contributed by atoms with Gasteiger partial charge in [-0.05, 0) is 72.7 Å². The van der Waals surface area contributed by atoms with Gasteiger partial charge in [0.1, 0.15) is 49.0 Å². The van der Waals surface area contributed by atoms with Gasteiger partial charge in [0.2, 0.25) is 11.1 Å². The number of ether oxygens (including phenoxy) is 4. The monoisotopic (exact) mass is 1350 g/mol. The Labute approximate surface area is 504 Å². The van der Waals surface area contributed by atoms with E-state index in [0.29, 0.717) is 55.7 Å². The second-order valence-electron chi connectivity index (χ2n) is 17.4. The van der Waals surface area contributed by atoms with Crippen molar-refractivity contribution in [1.82, 2.24) is 29.7 Å². The molecular weight excluding hydrogens is 1280 g/mol. The fourth-order valence-electron chi connectivity index (χ4n) is 7.34. The molecule has 1 radical (unpaired) electrons. The van der Waals surface area contributed by atoms with E-state index in [1.807, 2.05) is 121 Å². The van der Waals surface area contributed by atoms with Gasteiger partial charge in [-0.2, -0.15) is 6.92 Å². The summed E-state index contributed by atoms with van der Waals surface area (Å²) in [5, 5.41) is 2.49. The number of nitrogen functional groups attached to an aromatic ring is 1. The van der Waals surface area contributed by atoms with E-state index in [4.69, 9.17) is 36.3 Å². The molecular formula is C58H72ClI2N8O8V-. The van der Waals surface area contributed by atoms with Crippen LogP contribution in [0.4, 0.5) is 21.2 Å². The molecule has 8 rings (SSSR count). The van der Waals surface area contributed by atoms with Crippen molar-refractivity contribution in [2.45, 2.75) is 83.9 Å². The van der Waals surface area contributed by atoms with E-state index in [0.717, 1.165) is 56.9 Å². The number of nitrogens with two attached hydrogens (primary N) is 1. The molecule has 2 atom stereocenters. The van der Waals surface area contributed by atoms with Gasteiger partial charge in [-0.3, -0.25) is 14.0 Å². The molecule has 4 heterocycles. The second kappa shape index (κ2) is 39.8. The van der Waals surface area contributed by atoms with Gasteiger partial charge in [-0.25, -0.2) is 29.5 Å². The number of hydrogen-bond donors (Lipinski definition) is 2. The number of aromatic nitrogens is 4. The molecule has 2 aliphatic rings. The molecule has 2 fully saturated rings. The Bertz CT molecular complexity index is 2660. The molecule has 0 bridgehead atoms. The predicted molar refractivity (Wildman–Crippen MR) is 323 cm³/mol. The van der Waals surface area contributed by atoms with Crippen molar-refractivity contribution in [3.05, 3.63) is 150 Å². The third-order valence-corrected chi connectivity index (χ3v) is 11.1. The minimum Gasteiger partial charge on any atom is -0.496 e. The smallest absolute Gasteiger partial charge is 0.410 e. The van der Waals surface area contributed by atoms with Crippen LogP contribution in [-0.2, 0) is 50.8 Å². The van der Waals surface area contributed by atoms with Crippen LogP contribution in [0.1, 0.15) is 77.8 Å². The van der Waals surface area contributed by atoms with Crippen molar-refractivity contribution in [2.24, 2.45) is 11.8 Å². The number of benzene rings is 4. The number of hydrogen-bond acceptors (Lipinski definition) is 13. The first-order chi connectivity index (χ1) is 37.2. The maximum Gasteiger partial charge on any atom is 0.410 e. The van der Waals surface area contributed by atoms with Crippen LogP contribution < -0.4 is 20.5 Å². The third-order valence-electron chi connectivity index (χ3n) is 10.8. The maximum absolute atomic E-state index is 12.9. The number of nitrogens with one attached hydrogen (secondary N) is 1. The first-order valence-corrected chi connectivity index (χ1v) is 28.1. The van der Waals surface area contributed by atoms with E-state index in [1.54, 1.807) is 36.2 Å². The molecule has 0 spiro atoms. The molecule has 20 heteroatoms. The minimum absolute atomic E-state index is 0. The number of alkyl halides is 1. The molecule has 419 valence electrons. The summed E-state index contributed by atoms with van der Waals surface area (Å²) in [6, 6.07) is 37.6. The maximum atomic E-state index is 12.9. The van der Waals surface area contributed by atoms with Gasteiger partial charge in [0.25, 0.3) is 0 Å². The molecule has 2 aromatic heterocycles. The zero-order valence-electron chi connectivity index (χ0n) is 45.4. The standard InChI is InChI=1S/C25H26N4O4.C14H16ClNO3.C11H11N3O.C3H7I.C3H8.C2H4I.V/c1-32-22-12-6-5-11-20(22)21-14-23(27-17-26-21)28-24(30)19-10-7-13-29(15-19)25(31)33-16-18-8-3-2-4-9-18;15-13(17)12-7-4-8-16(9-12)14(18)19-10-11-5-2-1-3-6-11;1-15-10-5-3-2-4-8(10)9-6-11(12)14-7-13-9;1-3(2)4;1-3-2;1-2-3;/h2-6,8-9,11-12,14,17,19H,7,10,13,15-16H2,1H3,(H,26,27,28,30);1-3,5-6,12H,4,7-10H2;2-7H,1H3,(H2,12,13,14);3H,1-2H3;3H2,1-2H3;2H,1H3;/q;;;;;-1;. The van der Waals surface area contributed by atoms with E-state index in [2.05, 4.69) is 98.1 Å². The number of rotatable bonds is 11. The Morgan fingerprint density at radius 1 is 0.692 bits per heavy atom. The number of carbonyl (C=O) groups excluding carboxylic acids is 4. The number of halogens is 3. The van der Waals surface area contributed by atoms with Crippen LogP contribution in [-0.4, -0.2) is 97.4 Å². The van der Waals surface area contributed by atoms with Crippen molar-refractivity contribution in [2.75, 3.05) is 51.4 Å². The van der Waals surface area contributed by atoms with Crippen molar-refractivity contribution in [1.29, 1.82) is 0 Å². The topological polar surface area (TPSA) is 201 Å². The fourth-order valence-corrected chi connectivity index (χ4v) is 7.52. The molecule has 2 saturated heterocycles. The third kappa shape index (κ3) is 25.9. The van der Waals surface area contributed by atoms with Gasteiger partial charge in [-0.1, -0.05) is 142 Å². The SMILES string of the molecule is CC(C)I.CCC.COc1ccccc1-c1cc(N)ncn1.COc1ccccc1-c1cc(NC(=O)C2CCCN(C(=O)OCc3ccccc3)C2)ncn1.C[CH-]I.O=C(Cl)C1CCCN(C(=O)OCc2ccccc2)C1.[V]. The molecule has 16 nitrogen and oxygen atoms in total. The normalized spacial score (nSPS) is 14.0. The Morgan fingerprint density at radius 2 is 1.09 bits per heavy atom. The summed E-state index contributed by atoms with van der Waals surface area (Å²) in [7, 11) is 3.23. The number of nitrogens with zero attached hydrogens (tertiary/aromatic N) is 6. The van der Waals surface area contributed by atoms with Crippen LogP contribution in [0.25, 0.3) is 22.5 Å². The van der Waals surface area contributed by atoms with E-state index >= 15 is 0 Å². The van der Waals surface area contributed by atoms with Crippen molar-refractivity contribution >= 4 is 91.8 Å². The van der Waals surface area contributed by atoms with Crippen LogP contribution in [0, 0.1) is 16.3 Å². The summed E-state index contributed by atoms with van der Waals surface area (Å²) in [6.45, 7) is 12.9. The quantitative estimate of drug-likeness (QED) is 0.0537. The number of anilines is 2. The van der Waals surface area contributed by atoms with Gasteiger partial charge >= 0.3 is 12.2 Å². The molecule has 0 aliphatic carbocycles. The molecule has 78 heavy (non-hydrogen) atoms. The Morgan fingerprint density at radius 3 is 1.53 bits per heavy atom. The van der Waals surface area contributed by atoms with Crippen LogP contribution in [0.3, 0.4) is 0 Å². The van der Waals surface area contributed by atoms with Gasteiger partial charge in [0.05, 0.1) is 37.4 Å². The van der Waals surface area contributed by atoms with Gasteiger partial charge in [0, 0.05) is 71.9 Å². The zero-order valence-corrected chi connectivity index (χ0v) is 51.9. The molecule has 0 saturated carbocycles. The van der Waals surface area contributed by atoms with E-state index in [9.17, 15) is 19.2 Å². The van der Waals surface area contributed by atoms with Crippen molar-refractivity contribution in [3.63, 3.8) is 0 Å². The fraction of sp³-hybridized carbons (Fsp3) is 0.362. The van der Waals surface area contributed by atoms with Crippen LogP contribution >= 0.6 is 56.8 Å². The summed E-state index contributed by atoms with van der Waals surface area (Å²) >= 11 is 9.99. The number of amides is 3. The number of methoxy groups -OCH3 is 2. The number of carbonyl (C=O) groups is 4. The number of para-hydroxylation sites is 2. The van der Waals surface area contributed by atoms with Crippen LogP contribution in [0.2, 0.25) is 0 Å². The summed E-state index contributed by atoms with van der Waals surface area (Å²) < 4.78 is 24.1. The molecule has 2 unspecified atom stereocenters. The Kier molecular flexibility index (Phi) is 34.9. The van der Waals surface area contributed by atoms with Crippen molar-refractivity contribution in [3.8, 4) is 34.0 Å². The van der Waals surface area contributed by atoms with E-state index < -0.39 is 6.09 Å². The van der Waals surface area contributed by atoms with E-state index in [1.165, 1.54) is 19.1 Å². The first-order valence-electron chi connectivity index (χ1n) is 25.3. The average molecular weight is 1350 g/mol. The first kappa shape index (κ1) is 68.6. The second-order valence-corrected chi connectivity index (χ2v) is 21.5. The van der Waals surface area contributed by atoms with Gasteiger partial charge < -0.3 is 62.4 Å². The van der Waals surface area contributed by atoms with Gasteiger partial charge in [0.15, 0.2) is 0 Å². The summed E-state index contributed by atoms with van der Waals surface area (Å²) in [5.41, 5.74) is 10.6. The molecule has 3 amide bonds. The van der Waals surface area contributed by atoms with Crippen LogP contribution in [0.5, 0.6) is 11.5 Å². The van der Waals surface area contributed by atoms with Crippen molar-refractivity contribution < 1.29 is 56.7 Å². The Balaban J connectivity index is 0.000000392. The van der Waals surface area contributed by atoms with Gasteiger partial charge in [-0.15, -0.1) is 0 Å². The minimum atomic E-state index is -0.406. The number of piperidine rings is 2. The molecule has 2 aliphatic heterocycles. The van der Waals surface area contributed by atoms with E-state index in [-0.39, 0.29) is 60.8 Å². The number of likely N-dealkylation sites (tertiary alicyclic amines) is 2. The largest absolute Gasteiger partial charge is 0.496 e. The Hall–Kier alpha value is -5.55. The van der Waals surface area contributed by atoms with Crippen LogP contribution in [0.15, 0.2) is 134 Å². The average Bonchev–Trinajstić information content (AvgIpc) is 3.46.